The van der Waals surface area contributed by atoms with Gasteiger partial charge in [0.15, 0.2) is 5.52 Å². The highest BCUT2D eigenvalue weighted by Crippen LogP contribution is 2.26. The molecule has 3 rings (SSSR count). The Kier molecular flexibility index (Phi) is 3.67. The van der Waals surface area contributed by atoms with E-state index in [0.717, 1.165) is 16.8 Å². The van der Waals surface area contributed by atoms with Gasteiger partial charge in [0.1, 0.15) is 5.41 Å². The summed E-state index contributed by atoms with van der Waals surface area (Å²) in [4.78, 5) is 19.9. The van der Waals surface area contributed by atoms with E-state index in [2.05, 4.69) is 24.9 Å². The van der Waals surface area contributed by atoms with E-state index in [1.807, 2.05) is 13.0 Å². The second kappa shape index (κ2) is 5.55. The summed E-state index contributed by atoms with van der Waals surface area (Å²) in [5.74, 6) is -0.920. The topological polar surface area (TPSA) is 128 Å². The SMILES string of the molecule is Cc1nc2nonc2c(N)c1Cc1ccc(C(C)(C)C(=O)O)nc1. The van der Waals surface area contributed by atoms with Crippen molar-refractivity contribution in [1.82, 2.24) is 20.3 Å². The zero-order chi connectivity index (χ0) is 17.5. The van der Waals surface area contributed by atoms with Crippen LogP contribution in [0, 0.1) is 6.92 Å². The second-order valence-electron chi connectivity index (χ2n) is 6.18. The van der Waals surface area contributed by atoms with Crippen LogP contribution in [0.5, 0.6) is 0 Å². The van der Waals surface area contributed by atoms with Crippen molar-refractivity contribution in [2.75, 3.05) is 5.73 Å². The van der Waals surface area contributed by atoms with Crippen LogP contribution in [0.1, 0.15) is 36.4 Å². The highest BCUT2D eigenvalue weighted by molar-refractivity contribution is 5.85. The van der Waals surface area contributed by atoms with Crippen molar-refractivity contribution in [3.8, 4) is 0 Å². The Morgan fingerprint density at radius 2 is 2.08 bits per heavy atom. The molecule has 0 aliphatic rings. The van der Waals surface area contributed by atoms with E-state index in [4.69, 9.17) is 5.73 Å². The molecule has 8 heteroatoms. The molecule has 124 valence electrons. The van der Waals surface area contributed by atoms with Crippen LogP contribution in [0.2, 0.25) is 0 Å². The van der Waals surface area contributed by atoms with Gasteiger partial charge in [-0.1, -0.05) is 6.07 Å². The molecule has 0 aromatic carbocycles. The monoisotopic (exact) mass is 327 g/mol. The van der Waals surface area contributed by atoms with Crippen LogP contribution >= 0.6 is 0 Å². The van der Waals surface area contributed by atoms with Gasteiger partial charge < -0.3 is 10.8 Å². The molecule has 0 unspecified atom stereocenters. The van der Waals surface area contributed by atoms with Gasteiger partial charge in [-0.05, 0) is 42.7 Å². The number of aromatic nitrogens is 4. The van der Waals surface area contributed by atoms with Gasteiger partial charge in [0.25, 0.3) is 0 Å². The molecule has 3 heterocycles. The summed E-state index contributed by atoms with van der Waals surface area (Å²) in [5, 5.41) is 16.7. The Morgan fingerprint density at radius 3 is 2.71 bits per heavy atom. The van der Waals surface area contributed by atoms with Crippen LogP contribution in [-0.2, 0) is 16.6 Å². The van der Waals surface area contributed by atoms with E-state index in [1.165, 1.54) is 0 Å². The number of aliphatic carboxylic acids is 1. The van der Waals surface area contributed by atoms with Gasteiger partial charge in [-0.2, -0.15) is 0 Å². The van der Waals surface area contributed by atoms with Crippen molar-refractivity contribution in [3.63, 3.8) is 0 Å². The summed E-state index contributed by atoms with van der Waals surface area (Å²) in [7, 11) is 0. The molecule has 3 N–H and O–H groups in total. The molecular formula is C16H17N5O3. The van der Waals surface area contributed by atoms with Gasteiger partial charge in [0, 0.05) is 23.9 Å². The molecule has 3 aromatic heterocycles. The first-order valence-electron chi connectivity index (χ1n) is 7.36. The molecule has 0 amide bonds. The summed E-state index contributed by atoms with van der Waals surface area (Å²) in [6.45, 7) is 5.08. The third-order valence-electron chi connectivity index (χ3n) is 4.14. The number of carboxylic acids is 1. The molecule has 0 radical (unpaired) electrons. The van der Waals surface area contributed by atoms with E-state index in [0.29, 0.717) is 29.0 Å². The molecular weight excluding hydrogens is 310 g/mol. The quantitative estimate of drug-likeness (QED) is 0.743. The van der Waals surface area contributed by atoms with Crippen LogP contribution in [0.15, 0.2) is 23.0 Å². The smallest absolute Gasteiger partial charge is 0.315 e. The zero-order valence-corrected chi connectivity index (χ0v) is 13.6. The number of aryl methyl sites for hydroxylation is 1. The van der Waals surface area contributed by atoms with E-state index in [-0.39, 0.29) is 0 Å². The highest BCUT2D eigenvalue weighted by Gasteiger charge is 2.30. The molecule has 0 saturated heterocycles. The normalized spacial score (nSPS) is 11.8. The third-order valence-corrected chi connectivity index (χ3v) is 4.14. The minimum Gasteiger partial charge on any atom is -0.481 e. The predicted octanol–water partition coefficient (Wildman–Crippen LogP) is 1.86. The molecule has 24 heavy (non-hydrogen) atoms. The summed E-state index contributed by atoms with van der Waals surface area (Å²) in [6, 6.07) is 3.57. The van der Waals surface area contributed by atoms with Crippen LogP contribution in [-0.4, -0.2) is 31.4 Å². The maximum atomic E-state index is 11.3. The van der Waals surface area contributed by atoms with Crippen molar-refractivity contribution in [1.29, 1.82) is 0 Å². The molecule has 8 nitrogen and oxygen atoms in total. The number of carbonyl (C=O) groups is 1. The van der Waals surface area contributed by atoms with E-state index < -0.39 is 11.4 Å². The lowest BCUT2D eigenvalue weighted by molar-refractivity contribution is -0.142. The second-order valence-corrected chi connectivity index (χ2v) is 6.18. The zero-order valence-electron chi connectivity index (χ0n) is 13.6. The van der Waals surface area contributed by atoms with Gasteiger partial charge in [-0.25, -0.2) is 9.61 Å². The lowest BCUT2D eigenvalue weighted by Crippen LogP contribution is -2.29. The Morgan fingerprint density at radius 1 is 1.33 bits per heavy atom. The van der Waals surface area contributed by atoms with E-state index >= 15 is 0 Å². The number of carboxylic acid groups (broad SMARTS) is 1. The van der Waals surface area contributed by atoms with Gasteiger partial charge in [-0.15, -0.1) is 0 Å². The molecule has 0 spiro atoms. The number of nitrogen functional groups attached to an aromatic ring is 1. The Balaban J connectivity index is 1.94. The summed E-state index contributed by atoms with van der Waals surface area (Å²) >= 11 is 0. The first-order chi connectivity index (χ1) is 11.3. The summed E-state index contributed by atoms with van der Waals surface area (Å²) < 4.78 is 4.67. The lowest BCUT2D eigenvalue weighted by Gasteiger charge is -2.18. The minimum atomic E-state index is -1.04. The molecule has 3 aromatic rings. The Hall–Kier alpha value is -3.03. The molecule has 0 aliphatic heterocycles. The number of pyridine rings is 2. The molecule has 0 atom stereocenters. The Labute approximate surface area is 137 Å². The van der Waals surface area contributed by atoms with E-state index in [9.17, 15) is 9.90 Å². The number of nitrogens with zero attached hydrogens (tertiary/aromatic N) is 4. The maximum absolute atomic E-state index is 11.3. The molecule has 0 fully saturated rings. The van der Waals surface area contributed by atoms with Gasteiger partial charge in [0.2, 0.25) is 5.65 Å². The lowest BCUT2D eigenvalue weighted by atomic mass is 9.88. The number of hydrogen-bond acceptors (Lipinski definition) is 7. The predicted molar refractivity (Wildman–Crippen MR) is 86.5 cm³/mol. The van der Waals surface area contributed by atoms with Crippen molar-refractivity contribution < 1.29 is 14.5 Å². The van der Waals surface area contributed by atoms with Crippen LogP contribution in [0.3, 0.4) is 0 Å². The summed E-state index contributed by atoms with van der Waals surface area (Å²) in [5.41, 5.74) is 9.37. The highest BCUT2D eigenvalue weighted by atomic mass is 16.6. The Bertz CT molecular complexity index is 915. The van der Waals surface area contributed by atoms with Crippen LogP contribution < -0.4 is 5.73 Å². The largest absolute Gasteiger partial charge is 0.481 e. The maximum Gasteiger partial charge on any atom is 0.315 e. The third kappa shape index (κ3) is 2.55. The molecule has 0 bridgehead atoms. The molecule has 0 aliphatic carbocycles. The van der Waals surface area contributed by atoms with Crippen molar-refractivity contribution in [2.24, 2.45) is 0 Å². The van der Waals surface area contributed by atoms with E-state index in [1.54, 1.807) is 26.1 Å². The number of anilines is 1. The van der Waals surface area contributed by atoms with Crippen LogP contribution in [0.25, 0.3) is 11.2 Å². The average molecular weight is 327 g/mol. The van der Waals surface area contributed by atoms with Gasteiger partial charge in [0.05, 0.1) is 11.4 Å². The fraction of sp³-hybridized carbons (Fsp3) is 0.312. The standard InChI is InChI=1S/C16H17N5O3/c1-8-10(12(17)13-14(19-8)21-24-20-13)6-9-4-5-11(18-7-9)16(2,3)15(22)23/h4-5,7H,6,17H2,1-3H3,(H,22,23). The van der Waals surface area contributed by atoms with Gasteiger partial charge in [-0.3, -0.25) is 9.78 Å². The van der Waals surface area contributed by atoms with Crippen molar-refractivity contribution in [2.45, 2.75) is 32.6 Å². The fourth-order valence-corrected chi connectivity index (χ4v) is 2.43. The van der Waals surface area contributed by atoms with Crippen LogP contribution in [0.4, 0.5) is 5.69 Å². The van der Waals surface area contributed by atoms with Crippen molar-refractivity contribution >= 4 is 22.8 Å². The number of hydrogen-bond donors (Lipinski definition) is 2. The number of fused-ring (bicyclic) bond motifs is 1. The number of rotatable bonds is 4. The first kappa shape index (κ1) is 15.9. The average Bonchev–Trinajstić information content (AvgIpc) is 3.00. The number of nitrogens with two attached hydrogens (primary N) is 1. The van der Waals surface area contributed by atoms with Gasteiger partial charge >= 0.3 is 5.97 Å². The first-order valence-corrected chi connectivity index (χ1v) is 7.36. The fourth-order valence-electron chi connectivity index (χ4n) is 2.43. The molecule has 0 saturated carbocycles. The van der Waals surface area contributed by atoms with Crippen molar-refractivity contribution in [3.05, 3.63) is 40.8 Å². The minimum absolute atomic E-state index is 0.380. The summed E-state index contributed by atoms with van der Waals surface area (Å²) in [6.07, 6.45) is 2.17.